The van der Waals surface area contributed by atoms with E-state index in [4.69, 9.17) is 4.42 Å². The third kappa shape index (κ3) is 2.84. The van der Waals surface area contributed by atoms with Gasteiger partial charge in [0.15, 0.2) is 18.0 Å². The smallest absolute Gasteiger partial charge is 0.222 e. The molecule has 0 spiro atoms. The fourth-order valence-corrected chi connectivity index (χ4v) is 2.86. The number of pyridine rings is 1. The number of H-pyrrole nitrogens is 1. The highest BCUT2D eigenvalue weighted by molar-refractivity contribution is 7.13. The van der Waals surface area contributed by atoms with E-state index in [0.29, 0.717) is 18.3 Å². The fourth-order valence-electron chi connectivity index (χ4n) is 2.13. The van der Waals surface area contributed by atoms with Crippen LogP contribution in [0, 0.1) is 0 Å². The summed E-state index contributed by atoms with van der Waals surface area (Å²) < 4.78 is 5.48. The molecule has 23 heavy (non-hydrogen) atoms. The Balaban J connectivity index is 1.49. The first-order valence-corrected chi connectivity index (χ1v) is 7.82. The number of hydrogen-bond acceptors (Lipinski definition) is 7. The Kier molecular flexibility index (Phi) is 3.57. The van der Waals surface area contributed by atoms with E-state index >= 15 is 0 Å². The number of nitrogens with one attached hydrogen (secondary N) is 2. The van der Waals surface area contributed by atoms with Gasteiger partial charge in [-0.25, -0.2) is 4.98 Å². The molecule has 0 aromatic carbocycles. The summed E-state index contributed by atoms with van der Waals surface area (Å²) in [5.74, 6) is 1.95. The average Bonchev–Trinajstić information content (AvgIpc) is 3.33. The van der Waals surface area contributed by atoms with Gasteiger partial charge in [-0.1, -0.05) is 12.1 Å². The third-order valence-electron chi connectivity index (χ3n) is 3.20. The molecule has 0 bridgehead atoms. The average molecular weight is 324 g/mol. The third-order valence-corrected chi connectivity index (χ3v) is 4.07. The maximum absolute atomic E-state index is 5.48. The number of thiophene rings is 1. The number of aromatic amines is 1. The lowest BCUT2D eigenvalue weighted by atomic mass is 10.3. The molecule has 4 aromatic rings. The van der Waals surface area contributed by atoms with Gasteiger partial charge in [0.1, 0.15) is 11.4 Å². The van der Waals surface area contributed by atoms with Gasteiger partial charge in [-0.05, 0) is 23.6 Å². The second-order valence-electron chi connectivity index (χ2n) is 4.70. The van der Waals surface area contributed by atoms with E-state index in [1.54, 1.807) is 17.5 Å². The van der Waals surface area contributed by atoms with Crippen LogP contribution in [0.4, 0.5) is 5.95 Å². The number of rotatable bonds is 5. The topological polar surface area (TPSA) is 92.5 Å². The fraction of sp³-hybridized carbons (Fsp3) is 0.0667. The van der Waals surface area contributed by atoms with E-state index in [0.717, 1.165) is 22.0 Å². The number of hydrogen-bond donors (Lipinski definition) is 2. The van der Waals surface area contributed by atoms with Crippen LogP contribution in [0.5, 0.6) is 0 Å². The van der Waals surface area contributed by atoms with Gasteiger partial charge in [-0.15, -0.1) is 21.5 Å². The molecule has 0 amide bonds. The number of aromatic nitrogens is 5. The van der Waals surface area contributed by atoms with E-state index in [2.05, 4.69) is 30.5 Å². The lowest BCUT2D eigenvalue weighted by molar-refractivity contribution is 0.572. The highest BCUT2D eigenvalue weighted by Gasteiger charge is 2.12. The zero-order chi connectivity index (χ0) is 15.5. The van der Waals surface area contributed by atoms with Gasteiger partial charge in [-0.2, -0.15) is 0 Å². The monoisotopic (exact) mass is 324 g/mol. The van der Waals surface area contributed by atoms with E-state index in [1.807, 2.05) is 35.7 Å². The molecule has 0 atom stereocenters. The first kappa shape index (κ1) is 13.6. The van der Waals surface area contributed by atoms with Crippen molar-refractivity contribution < 1.29 is 4.42 Å². The summed E-state index contributed by atoms with van der Waals surface area (Å²) in [6.45, 7) is 0.487. The van der Waals surface area contributed by atoms with Crippen LogP contribution < -0.4 is 5.32 Å². The van der Waals surface area contributed by atoms with E-state index in [9.17, 15) is 0 Å². The Morgan fingerprint density at radius 1 is 1.13 bits per heavy atom. The first-order chi connectivity index (χ1) is 11.4. The van der Waals surface area contributed by atoms with Gasteiger partial charge in [-0.3, -0.25) is 4.98 Å². The van der Waals surface area contributed by atoms with Crippen molar-refractivity contribution >= 4 is 17.3 Å². The summed E-state index contributed by atoms with van der Waals surface area (Å²) >= 11 is 1.61. The Hall–Kier alpha value is -3.00. The van der Waals surface area contributed by atoms with Gasteiger partial charge in [0.05, 0.1) is 11.4 Å². The zero-order valence-corrected chi connectivity index (χ0v) is 12.7. The lowest BCUT2D eigenvalue weighted by Crippen LogP contribution is -2.02. The maximum atomic E-state index is 5.48. The number of anilines is 1. The molecule has 7 nitrogen and oxygen atoms in total. The largest absolute Gasteiger partial charge is 0.442 e. The van der Waals surface area contributed by atoms with Crippen molar-refractivity contribution in [3.63, 3.8) is 0 Å². The zero-order valence-electron chi connectivity index (χ0n) is 11.9. The summed E-state index contributed by atoms with van der Waals surface area (Å²) in [4.78, 5) is 12.6. The van der Waals surface area contributed by atoms with Gasteiger partial charge in [0.2, 0.25) is 5.95 Å². The normalized spacial score (nSPS) is 10.8. The molecular weight excluding hydrogens is 312 g/mol. The molecule has 0 aliphatic rings. The molecule has 0 unspecified atom stereocenters. The maximum Gasteiger partial charge on any atom is 0.222 e. The quantitative estimate of drug-likeness (QED) is 0.585. The molecule has 0 aliphatic heterocycles. The standard InChI is InChI=1S/C15H12N6OS/c1-2-6-16-10(4-1)14-19-15(21-20-14)17-8-11-13(22-9-18-11)12-5-3-7-23-12/h1-7,9H,8H2,(H2,17,19,20,21). The molecule has 0 aliphatic carbocycles. The van der Waals surface area contributed by atoms with E-state index in [1.165, 1.54) is 6.39 Å². The van der Waals surface area contributed by atoms with Gasteiger partial charge in [0.25, 0.3) is 0 Å². The van der Waals surface area contributed by atoms with Gasteiger partial charge >= 0.3 is 0 Å². The summed E-state index contributed by atoms with van der Waals surface area (Å²) in [6, 6.07) is 9.62. The van der Waals surface area contributed by atoms with Crippen molar-refractivity contribution in [3.05, 3.63) is 54.0 Å². The Morgan fingerprint density at radius 3 is 2.96 bits per heavy atom. The first-order valence-electron chi connectivity index (χ1n) is 6.94. The molecule has 4 rings (SSSR count). The molecule has 0 fully saturated rings. The van der Waals surface area contributed by atoms with Crippen molar-refractivity contribution in [1.82, 2.24) is 25.1 Å². The Labute approximate surface area is 135 Å². The van der Waals surface area contributed by atoms with Gasteiger partial charge in [0, 0.05) is 6.20 Å². The molecule has 114 valence electrons. The van der Waals surface area contributed by atoms with Crippen LogP contribution in [0.25, 0.3) is 22.2 Å². The van der Waals surface area contributed by atoms with Crippen LogP contribution >= 0.6 is 11.3 Å². The minimum absolute atomic E-state index is 0.487. The van der Waals surface area contributed by atoms with Crippen LogP contribution in [0.2, 0.25) is 0 Å². The summed E-state index contributed by atoms with van der Waals surface area (Å²) in [5.41, 5.74) is 1.57. The van der Waals surface area contributed by atoms with Crippen LogP contribution in [0.3, 0.4) is 0 Å². The second-order valence-corrected chi connectivity index (χ2v) is 5.64. The second kappa shape index (κ2) is 6.01. The number of oxazole rings is 1. The highest BCUT2D eigenvalue weighted by atomic mass is 32.1. The van der Waals surface area contributed by atoms with Crippen LogP contribution in [-0.4, -0.2) is 25.1 Å². The van der Waals surface area contributed by atoms with Crippen molar-refractivity contribution in [1.29, 1.82) is 0 Å². The molecule has 8 heteroatoms. The minimum atomic E-state index is 0.487. The molecule has 4 heterocycles. The number of nitrogens with zero attached hydrogens (tertiary/aromatic N) is 4. The van der Waals surface area contributed by atoms with E-state index in [-0.39, 0.29) is 0 Å². The van der Waals surface area contributed by atoms with E-state index < -0.39 is 0 Å². The predicted molar refractivity (Wildman–Crippen MR) is 86.8 cm³/mol. The Morgan fingerprint density at radius 2 is 2.13 bits per heavy atom. The van der Waals surface area contributed by atoms with Crippen molar-refractivity contribution in [2.75, 3.05) is 5.32 Å². The molecule has 0 saturated carbocycles. The predicted octanol–water partition coefficient (Wildman–Crippen LogP) is 3.20. The summed E-state index contributed by atoms with van der Waals surface area (Å²) in [6.07, 6.45) is 3.17. The van der Waals surface area contributed by atoms with Crippen molar-refractivity contribution in [2.24, 2.45) is 0 Å². The van der Waals surface area contributed by atoms with Crippen molar-refractivity contribution in [2.45, 2.75) is 6.54 Å². The van der Waals surface area contributed by atoms with Crippen LogP contribution in [0.15, 0.2) is 52.7 Å². The van der Waals surface area contributed by atoms with Crippen molar-refractivity contribution in [3.8, 4) is 22.2 Å². The van der Waals surface area contributed by atoms with Crippen LogP contribution in [0.1, 0.15) is 5.69 Å². The molecule has 0 radical (unpaired) electrons. The summed E-state index contributed by atoms with van der Waals surface area (Å²) in [7, 11) is 0. The Bertz CT molecular complexity index is 884. The summed E-state index contributed by atoms with van der Waals surface area (Å²) in [5, 5.41) is 13.3. The van der Waals surface area contributed by atoms with Gasteiger partial charge < -0.3 is 14.7 Å². The van der Waals surface area contributed by atoms with Crippen LogP contribution in [-0.2, 0) is 6.54 Å². The minimum Gasteiger partial charge on any atom is -0.442 e. The highest BCUT2D eigenvalue weighted by Crippen LogP contribution is 2.27. The molecule has 0 saturated heterocycles. The molecule has 4 aromatic heterocycles. The lowest BCUT2D eigenvalue weighted by Gasteiger charge is -2.00. The molecule has 2 N–H and O–H groups in total. The SMILES string of the molecule is c1ccc(-c2nnc(NCc3ncoc3-c3cccs3)[nH]2)nc1. The molecular formula is C15H12N6OS.